The summed E-state index contributed by atoms with van der Waals surface area (Å²) in [4.78, 5) is 24.0. The lowest BCUT2D eigenvalue weighted by Gasteiger charge is -2.41. The van der Waals surface area contributed by atoms with Gasteiger partial charge in [0.15, 0.2) is 0 Å². The number of H-pyrrole nitrogens is 1. The summed E-state index contributed by atoms with van der Waals surface area (Å²) in [7, 11) is 2.03. The topological polar surface area (TPSA) is 85.5 Å². The Labute approximate surface area is 243 Å². The average molecular weight is 603 g/mol. The number of fused-ring (bicyclic) bond motifs is 1. The number of hydrogen-bond donors (Lipinski definition) is 3. The summed E-state index contributed by atoms with van der Waals surface area (Å²) in [5.74, 6) is -0.310. The second-order valence-electron chi connectivity index (χ2n) is 10.7. The van der Waals surface area contributed by atoms with Gasteiger partial charge in [-0.15, -0.1) is 0 Å². The molecule has 1 aliphatic heterocycles. The maximum absolute atomic E-state index is 14.8. The quantitative estimate of drug-likeness (QED) is 0.205. The van der Waals surface area contributed by atoms with Crippen molar-refractivity contribution < 1.29 is 27.1 Å². The maximum Gasteiger partial charge on any atom is 0.416 e. The van der Waals surface area contributed by atoms with Gasteiger partial charge in [0.2, 0.25) is 0 Å². The Morgan fingerprint density at radius 2 is 1.95 bits per heavy atom. The van der Waals surface area contributed by atoms with Gasteiger partial charge in [0.25, 0.3) is 0 Å². The van der Waals surface area contributed by atoms with Crippen molar-refractivity contribution in [3.8, 4) is 11.5 Å². The largest absolute Gasteiger partial charge is 0.456 e. The first-order chi connectivity index (χ1) is 20.0. The number of carbonyl (C=O) groups excluding carboxylic acids is 1. The molecule has 2 aromatic carbocycles. The van der Waals surface area contributed by atoms with Gasteiger partial charge in [0.05, 0.1) is 21.7 Å². The number of likely N-dealkylation sites (N-methyl/N-ethyl adjacent to an activating group) is 1. The zero-order chi connectivity index (χ0) is 29.6. The SMILES string of the molecule is CN1CCN(Cc2ccc(NC(=O)Nc3ccc(Oc4ccnc5[nH]cc(Cl)c45)cc3F)cc2C(F)(F)F)C2(CC2)C1. The number of rotatable bonds is 6. The molecule has 0 radical (unpaired) electrons. The number of halogens is 5. The molecule has 0 bridgehead atoms. The summed E-state index contributed by atoms with van der Waals surface area (Å²) < 4.78 is 62.8. The van der Waals surface area contributed by atoms with E-state index in [-0.39, 0.29) is 34.8 Å². The number of carbonyl (C=O) groups is 1. The van der Waals surface area contributed by atoms with Crippen molar-refractivity contribution in [2.75, 3.05) is 37.3 Å². The Morgan fingerprint density at radius 1 is 1.14 bits per heavy atom. The lowest BCUT2D eigenvalue weighted by atomic mass is 10.0. The monoisotopic (exact) mass is 602 g/mol. The van der Waals surface area contributed by atoms with E-state index in [2.05, 4.69) is 30.4 Å². The first kappa shape index (κ1) is 28.3. The second-order valence-corrected chi connectivity index (χ2v) is 11.2. The van der Waals surface area contributed by atoms with Crippen LogP contribution in [-0.2, 0) is 12.7 Å². The number of anilines is 2. The fourth-order valence-corrected chi connectivity index (χ4v) is 5.72. The van der Waals surface area contributed by atoms with Gasteiger partial charge >= 0.3 is 12.2 Å². The number of ether oxygens (including phenoxy) is 1. The molecule has 3 N–H and O–H groups in total. The maximum atomic E-state index is 14.8. The lowest BCUT2D eigenvalue weighted by molar-refractivity contribution is -0.138. The van der Waals surface area contributed by atoms with Gasteiger partial charge in [-0.25, -0.2) is 14.2 Å². The highest BCUT2D eigenvalue weighted by molar-refractivity contribution is 6.36. The van der Waals surface area contributed by atoms with Gasteiger partial charge in [-0.2, -0.15) is 13.2 Å². The Hall–Kier alpha value is -3.87. The Balaban J connectivity index is 1.14. The third-order valence-corrected chi connectivity index (χ3v) is 8.05. The number of pyridine rings is 1. The molecule has 8 nitrogen and oxygen atoms in total. The highest BCUT2D eigenvalue weighted by Gasteiger charge is 2.50. The van der Waals surface area contributed by atoms with Crippen LogP contribution in [0.25, 0.3) is 11.0 Å². The van der Waals surface area contributed by atoms with E-state index in [9.17, 15) is 22.4 Å². The van der Waals surface area contributed by atoms with Crippen LogP contribution in [0.4, 0.5) is 33.7 Å². The van der Waals surface area contributed by atoms with Crippen molar-refractivity contribution in [3.05, 3.63) is 76.8 Å². The molecule has 2 aliphatic rings. The van der Waals surface area contributed by atoms with Crippen LogP contribution >= 0.6 is 11.6 Å². The van der Waals surface area contributed by atoms with Crippen LogP contribution in [0.15, 0.2) is 54.9 Å². The molecule has 220 valence electrons. The van der Waals surface area contributed by atoms with Crippen molar-refractivity contribution in [3.63, 3.8) is 0 Å². The van der Waals surface area contributed by atoms with Crippen molar-refractivity contribution in [2.24, 2.45) is 0 Å². The predicted molar refractivity (Wildman–Crippen MR) is 152 cm³/mol. The summed E-state index contributed by atoms with van der Waals surface area (Å²) in [6.07, 6.45) is 0.391. The molecular formula is C29H27ClF4N6O2. The molecule has 2 fully saturated rings. The third kappa shape index (κ3) is 5.74. The first-order valence-electron chi connectivity index (χ1n) is 13.3. The minimum Gasteiger partial charge on any atom is -0.456 e. The van der Waals surface area contributed by atoms with Gasteiger partial charge < -0.3 is 25.3 Å². The number of alkyl halides is 3. The lowest BCUT2D eigenvalue weighted by Crippen LogP contribution is -2.53. The van der Waals surface area contributed by atoms with Gasteiger partial charge in [0.1, 0.15) is 23.0 Å². The van der Waals surface area contributed by atoms with Crippen molar-refractivity contribution in [1.82, 2.24) is 19.8 Å². The van der Waals surface area contributed by atoms with E-state index in [0.717, 1.165) is 38.1 Å². The van der Waals surface area contributed by atoms with E-state index < -0.39 is 23.6 Å². The van der Waals surface area contributed by atoms with E-state index in [1.54, 1.807) is 12.3 Å². The Bertz CT molecular complexity index is 1660. The molecule has 0 atom stereocenters. The number of aromatic amines is 1. The van der Waals surface area contributed by atoms with Gasteiger partial charge in [-0.3, -0.25) is 4.90 Å². The molecule has 6 rings (SSSR count). The molecular weight excluding hydrogens is 576 g/mol. The standard InChI is InChI=1S/C29H27ClF4N6O2/c1-39-10-11-40(28(16-39)7-8-28)15-17-2-3-18(12-20(17)29(32,33)34)37-27(41)38-23-5-4-19(13-22(23)31)42-24-6-9-35-26-25(24)21(30)14-36-26/h2-6,9,12-14H,7-8,10-11,15-16H2,1H3,(H,35,36)(H2,37,38,41). The van der Waals surface area contributed by atoms with Crippen LogP contribution in [0.2, 0.25) is 5.02 Å². The number of nitrogens with zero attached hydrogens (tertiary/aromatic N) is 3. The zero-order valence-electron chi connectivity index (χ0n) is 22.5. The number of hydrogen-bond acceptors (Lipinski definition) is 5. The summed E-state index contributed by atoms with van der Waals surface area (Å²) >= 11 is 6.18. The molecule has 13 heteroatoms. The Kier molecular flexibility index (Phi) is 7.24. The number of benzene rings is 2. The molecule has 1 saturated carbocycles. The summed E-state index contributed by atoms with van der Waals surface area (Å²) in [5, 5.41) is 5.63. The number of aromatic nitrogens is 2. The zero-order valence-corrected chi connectivity index (χ0v) is 23.2. The molecule has 1 spiro atoms. The number of amides is 2. The van der Waals surface area contributed by atoms with E-state index in [1.807, 2.05) is 7.05 Å². The highest BCUT2D eigenvalue weighted by Crippen LogP contribution is 2.45. The molecule has 2 amide bonds. The number of piperazine rings is 1. The van der Waals surface area contributed by atoms with Crippen LogP contribution in [0.5, 0.6) is 11.5 Å². The Morgan fingerprint density at radius 3 is 2.69 bits per heavy atom. The average Bonchev–Trinajstić information content (AvgIpc) is 3.59. The normalized spacial score (nSPS) is 17.0. The summed E-state index contributed by atoms with van der Waals surface area (Å²) in [5.41, 5.74) is -0.461. The predicted octanol–water partition coefficient (Wildman–Crippen LogP) is 7.09. The molecule has 1 saturated heterocycles. The highest BCUT2D eigenvalue weighted by atomic mass is 35.5. The van der Waals surface area contributed by atoms with Crippen LogP contribution in [0, 0.1) is 5.82 Å². The van der Waals surface area contributed by atoms with Crippen molar-refractivity contribution in [1.29, 1.82) is 0 Å². The van der Waals surface area contributed by atoms with Gasteiger partial charge in [-0.05, 0) is 55.8 Å². The van der Waals surface area contributed by atoms with Crippen molar-refractivity contribution in [2.45, 2.75) is 31.1 Å². The second kappa shape index (κ2) is 10.8. The van der Waals surface area contributed by atoms with Crippen LogP contribution in [0.3, 0.4) is 0 Å². The molecule has 42 heavy (non-hydrogen) atoms. The van der Waals surface area contributed by atoms with Crippen LogP contribution in [0.1, 0.15) is 24.0 Å². The van der Waals surface area contributed by atoms with Crippen LogP contribution < -0.4 is 15.4 Å². The molecule has 2 aromatic heterocycles. The minimum absolute atomic E-state index is 0.0586. The van der Waals surface area contributed by atoms with E-state index in [1.165, 1.54) is 30.5 Å². The molecule has 1 aliphatic carbocycles. The van der Waals surface area contributed by atoms with Gasteiger partial charge in [-0.1, -0.05) is 17.7 Å². The minimum atomic E-state index is -4.61. The fraction of sp³-hybridized carbons (Fsp3) is 0.310. The molecule has 0 unspecified atom stereocenters. The molecule has 4 aromatic rings. The third-order valence-electron chi connectivity index (χ3n) is 7.75. The first-order valence-corrected chi connectivity index (χ1v) is 13.7. The molecule has 3 heterocycles. The fourth-order valence-electron chi connectivity index (χ4n) is 5.48. The van der Waals surface area contributed by atoms with Gasteiger partial charge in [0, 0.05) is 55.9 Å². The van der Waals surface area contributed by atoms with Crippen LogP contribution in [-0.4, -0.2) is 58.0 Å². The number of nitrogens with one attached hydrogen (secondary N) is 3. The van der Waals surface area contributed by atoms with E-state index in [4.69, 9.17) is 16.3 Å². The number of urea groups is 1. The van der Waals surface area contributed by atoms with E-state index in [0.29, 0.717) is 28.4 Å². The smallest absolute Gasteiger partial charge is 0.416 e. The van der Waals surface area contributed by atoms with E-state index >= 15 is 0 Å². The summed E-state index contributed by atoms with van der Waals surface area (Å²) in [6.45, 7) is 2.50. The van der Waals surface area contributed by atoms with Crippen molar-refractivity contribution >= 4 is 40.0 Å². The summed E-state index contributed by atoms with van der Waals surface area (Å²) in [6, 6.07) is 8.22.